The first-order chi connectivity index (χ1) is 5.65. The molecule has 0 radical (unpaired) electrons. The lowest BCUT2D eigenvalue weighted by Crippen LogP contribution is -1.92. The highest BCUT2D eigenvalue weighted by Gasteiger charge is 1.99. The van der Waals surface area contributed by atoms with E-state index >= 15 is 0 Å². The maximum absolute atomic E-state index is 5.70. The van der Waals surface area contributed by atoms with Gasteiger partial charge in [-0.15, -0.1) is 0 Å². The molecule has 0 fully saturated rings. The number of nitrogen functional groups attached to an aromatic ring is 1. The van der Waals surface area contributed by atoms with Crippen LogP contribution in [-0.2, 0) is 0 Å². The van der Waals surface area contributed by atoms with E-state index in [2.05, 4.69) is 6.58 Å². The van der Waals surface area contributed by atoms with Crippen molar-refractivity contribution in [2.45, 2.75) is 6.92 Å². The molecule has 1 aromatic rings. The molecule has 0 amide bonds. The van der Waals surface area contributed by atoms with Gasteiger partial charge in [-0.1, -0.05) is 18.2 Å². The molecule has 0 aromatic heterocycles. The second-order valence-corrected chi connectivity index (χ2v) is 2.74. The summed E-state index contributed by atoms with van der Waals surface area (Å²) in [6, 6.07) is 5.65. The topological polar surface area (TPSA) is 35.2 Å². The molecule has 0 unspecified atom stereocenters. The molecule has 2 N–H and O–H groups in total. The van der Waals surface area contributed by atoms with Crippen LogP contribution < -0.4 is 10.5 Å². The van der Waals surface area contributed by atoms with Crippen LogP contribution in [0.3, 0.4) is 0 Å². The molecule has 0 spiro atoms. The number of rotatable bonds is 2. The summed E-state index contributed by atoms with van der Waals surface area (Å²) in [6.45, 7) is 5.77. The summed E-state index contributed by atoms with van der Waals surface area (Å²) in [5, 5.41) is 0. The van der Waals surface area contributed by atoms with Crippen molar-refractivity contribution in [2.75, 3.05) is 12.8 Å². The zero-order valence-corrected chi connectivity index (χ0v) is 7.42. The number of methoxy groups -OCH3 is 1. The lowest BCUT2D eigenvalue weighted by molar-refractivity contribution is 0.417. The van der Waals surface area contributed by atoms with Crippen molar-refractivity contribution in [2.24, 2.45) is 0 Å². The standard InChI is InChI=1S/C10H13NO/c1-7(2)8-4-5-10(12-3)9(11)6-8/h4-6H,1,11H2,2-3H3. The average Bonchev–Trinajstić information content (AvgIpc) is 2.04. The first kappa shape index (κ1) is 8.65. The summed E-state index contributed by atoms with van der Waals surface area (Å²) in [7, 11) is 1.60. The number of hydrogen-bond donors (Lipinski definition) is 1. The van der Waals surface area contributed by atoms with Crippen LogP contribution in [0.15, 0.2) is 24.8 Å². The molecule has 1 rings (SSSR count). The Labute approximate surface area is 72.7 Å². The molecule has 2 nitrogen and oxygen atoms in total. The molecule has 0 saturated heterocycles. The van der Waals surface area contributed by atoms with E-state index in [1.807, 2.05) is 25.1 Å². The van der Waals surface area contributed by atoms with Gasteiger partial charge < -0.3 is 10.5 Å². The zero-order chi connectivity index (χ0) is 9.14. The third-order valence-electron chi connectivity index (χ3n) is 1.72. The molecule has 0 aliphatic heterocycles. The molecule has 1 aromatic carbocycles. The Morgan fingerprint density at radius 3 is 2.58 bits per heavy atom. The van der Waals surface area contributed by atoms with E-state index in [4.69, 9.17) is 10.5 Å². The maximum atomic E-state index is 5.70. The van der Waals surface area contributed by atoms with Gasteiger partial charge in [0.2, 0.25) is 0 Å². The summed E-state index contributed by atoms with van der Waals surface area (Å²) < 4.78 is 5.03. The normalized spacial score (nSPS) is 9.50. The number of anilines is 1. The number of benzene rings is 1. The fourth-order valence-corrected chi connectivity index (χ4v) is 1.000. The van der Waals surface area contributed by atoms with E-state index < -0.39 is 0 Å². The van der Waals surface area contributed by atoms with E-state index in [0.29, 0.717) is 11.4 Å². The van der Waals surface area contributed by atoms with Crippen LogP contribution in [0.25, 0.3) is 5.57 Å². The molecule has 0 aliphatic rings. The van der Waals surface area contributed by atoms with Crippen molar-refractivity contribution in [3.05, 3.63) is 30.3 Å². The number of hydrogen-bond acceptors (Lipinski definition) is 2. The van der Waals surface area contributed by atoms with E-state index in [-0.39, 0.29) is 0 Å². The minimum atomic E-state index is 0.651. The van der Waals surface area contributed by atoms with Crippen LogP contribution >= 0.6 is 0 Å². The quantitative estimate of drug-likeness (QED) is 0.679. The Morgan fingerprint density at radius 2 is 2.17 bits per heavy atom. The van der Waals surface area contributed by atoms with Gasteiger partial charge in [-0.3, -0.25) is 0 Å². The Kier molecular flexibility index (Phi) is 2.38. The fourth-order valence-electron chi connectivity index (χ4n) is 1.000. The highest BCUT2D eigenvalue weighted by Crippen LogP contribution is 2.24. The third-order valence-corrected chi connectivity index (χ3v) is 1.72. The summed E-state index contributed by atoms with van der Waals surface area (Å²) in [5.41, 5.74) is 8.41. The number of allylic oxidation sites excluding steroid dienone is 1. The molecule has 64 valence electrons. The lowest BCUT2D eigenvalue weighted by Gasteiger charge is -2.06. The largest absolute Gasteiger partial charge is 0.495 e. The molecule has 0 atom stereocenters. The van der Waals surface area contributed by atoms with E-state index in [1.165, 1.54) is 0 Å². The van der Waals surface area contributed by atoms with Gasteiger partial charge in [-0.05, 0) is 24.6 Å². The second-order valence-electron chi connectivity index (χ2n) is 2.74. The predicted octanol–water partition coefficient (Wildman–Crippen LogP) is 2.31. The van der Waals surface area contributed by atoms with Crippen molar-refractivity contribution in [3.8, 4) is 5.75 Å². The Bertz CT molecular complexity index is 305. The monoisotopic (exact) mass is 163 g/mol. The van der Waals surface area contributed by atoms with Crippen LogP contribution in [-0.4, -0.2) is 7.11 Å². The summed E-state index contributed by atoms with van der Waals surface area (Å²) >= 11 is 0. The van der Waals surface area contributed by atoms with E-state index in [9.17, 15) is 0 Å². The Balaban J connectivity index is 3.10. The van der Waals surface area contributed by atoms with Crippen LogP contribution in [0.1, 0.15) is 12.5 Å². The minimum absolute atomic E-state index is 0.651. The third kappa shape index (κ3) is 1.59. The molecular formula is C10H13NO. The first-order valence-corrected chi connectivity index (χ1v) is 3.74. The Morgan fingerprint density at radius 1 is 1.50 bits per heavy atom. The van der Waals surface area contributed by atoms with Gasteiger partial charge >= 0.3 is 0 Å². The maximum Gasteiger partial charge on any atom is 0.141 e. The molecule has 0 bridgehead atoms. The van der Waals surface area contributed by atoms with Crippen molar-refractivity contribution >= 4 is 11.3 Å². The van der Waals surface area contributed by atoms with Crippen molar-refractivity contribution in [3.63, 3.8) is 0 Å². The average molecular weight is 163 g/mol. The molecule has 0 heterocycles. The molecule has 0 saturated carbocycles. The van der Waals surface area contributed by atoms with E-state index in [1.54, 1.807) is 7.11 Å². The highest BCUT2D eigenvalue weighted by molar-refractivity contribution is 5.67. The number of nitrogens with two attached hydrogens (primary N) is 1. The van der Waals surface area contributed by atoms with Crippen molar-refractivity contribution in [1.82, 2.24) is 0 Å². The molecule has 0 aliphatic carbocycles. The van der Waals surface area contributed by atoms with Gasteiger partial charge in [0.1, 0.15) is 5.75 Å². The van der Waals surface area contributed by atoms with Gasteiger partial charge in [0.05, 0.1) is 12.8 Å². The summed E-state index contributed by atoms with van der Waals surface area (Å²) in [4.78, 5) is 0. The Hall–Kier alpha value is -1.44. The van der Waals surface area contributed by atoms with Crippen LogP contribution in [0, 0.1) is 0 Å². The second kappa shape index (κ2) is 3.30. The summed E-state index contributed by atoms with van der Waals surface area (Å²) in [5.74, 6) is 0.708. The van der Waals surface area contributed by atoms with Crippen molar-refractivity contribution in [1.29, 1.82) is 0 Å². The smallest absolute Gasteiger partial charge is 0.141 e. The van der Waals surface area contributed by atoms with Gasteiger partial charge in [0, 0.05) is 0 Å². The van der Waals surface area contributed by atoms with Gasteiger partial charge in [-0.25, -0.2) is 0 Å². The predicted molar refractivity (Wildman–Crippen MR) is 52.1 cm³/mol. The van der Waals surface area contributed by atoms with Crippen LogP contribution in [0.4, 0.5) is 5.69 Å². The molecule has 12 heavy (non-hydrogen) atoms. The molecule has 2 heteroatoms. The SMILES string of the molecule is C=C(C)c1ccc(OC)c(N)c1. The lowest BCUT2D eigenvalue weighted by atomic mass is 10.1. The van der Waals surface area contributed by atoms with Gasteiger partial charge in [0.25, 0.3) is 0 Å². The number of ether oxygens (including phenoxy) is 1. The van der Waals surface area contributed by atoms with Crippen LogP contribution in [0.2, 0.25) is 0 Å². The van der Waals surface area contributed by atoms with Crippen molar-refractivity contribution < 1.29 is 4.74 Å². The van der Waals surface area contributed by atoms with Gasteiger partial charge in [-0.2, -0.15) is 0 Å². The first-order valence-electron chi connectivity index (χ1n) is 3.74. The van der Waals surface area contributed by atoms with E-state index in [0.717, 1.165) is 11.1 Å². The van der Waals surface area contributed by atoms with Crippen LogP contribution in [0.5, 0.6) is 5.75 Å². The minimum Gasteiger partial charge on any atom is -0.495 e. The molecular weight excluding hydrogens is 150 g/mol. The zero-order valence-electron chi connectivity index (χ0n) is 7.42. The van der Waals surface area contributed by atoms with Gasteiger partial charge in [0.15, 0.2) is 0 Å². The highest BCUT2D eigenvalue weighted by atomic mass is 16.5. The fraction of sp³-hybridized carbons (Fsp3) is 0.200. The summed E-state index contributed by atoms with van der Waals surface area (Å²) in [6.07, 6.45) is 0.